The van der Waals surface area contributed by atoms with Gasteiger partial charge in [0.1, 0.15) is 17.3 Å². The maximum atomic E-state index is 13.0. The fraction of sp³-hybridized carbons (Fsp3) is 0.182. The van der Waals surface area contributed by atoms with E-state index in [4.69, 9.17) is 10.5 Å². The van der Waals surface area contributed by atoms with Crippen LogP contribution in [0.2, 0.25) is 0 Å². The van der Waals surface area contributed by atoms with Crippen molar-refractivity contribution in [3.63, 3.8) is 0 Å². The quantitative estimate of drug-likeness (QED) is 0.280. The third kappa shape index (κ3) is 7.34. The minimum absolute atomic E-state index is 0. The molecule has 0 aliphatic carbocycles. The number of nitrogens with two attached hydrogens (primary N) is 1. The molecule has 0 aliphatic heterocycles. The van der Waals surface area contributed by atoms with Crippen molar-refractivity contribution in [2.75, 3.05) is 6.54 Å². The van der Waals surface area contributed by atoms with Gasteiger partial charge in [-0.25, -0.2) is 9.38 Å². The number of benzene rings is 2. The minimum atomic E-state index is -0.288. The van der Waals surface area contributed by atoms with Crippen molar-refractivity contribution in [3.8, 4) is 11.5 Å². The van der Waals surface area contributed by atoms with Crippen molar-refractivity contribution >= 4 is 29.9 Å². The molecule has 3 N–H and O–H groups in total. The van der Waals surface area contributed by atoms with Crippen LogP contribution >= 0.6 is 24.0 Å². The summed E-state index contributed by atoms with van der Waals surface area (Å²) in [5, 5.41) is 3.10. The average Bonchev–Trinajstić information content (AvgIpc) is 2.71. The SMILES string of the molecule is Cc1cc(CN=C(N)NCCc2ccccn2)ccc1Oc1ccc(F)cc1.I. The van der Waals surface area contributed by atoms with Crippen molar-refractivity contribution in [1.29, 1.82) is 0 Å². The number of halogens is 2. The standard InChI is InChI=1S/C22H23FN4O.HI/c1-16-14-17(5-10-21(16)28-20-8-6-18(23)7-9-20)15-27-22(24)26-13-11-19-4-2-3-12-25-19;/h2-10,12,14H,11,13,15H2,1H3,(H3,24,26,27);1H. The third-order valence-corrected chi connectivity index (χ3v) is 4.13. The topological polar surface area (TPSA) is 72.5 Å². The number of nitrogens with one attached hydrogen (secondary N) is 1. The smallest absolute Gasteiger partial charge is 0.188 e. The molecule has 3 rings (SSSR count). The lowest BCUT2D eigenvalue weighted by molar-refractivity contribution is 0.476. The predicted octanol–water partition coefficient (Wildman–Crippen LogP) is 4.59. The van der Waals surface area contributed by atoms with Crippen LogP contribution in [0.4, 0.5) is 4.39 Å². The summed E-state index contributed by atoms with van der Waals surface area (Å²) >= 11 is 0. The Kier molecular flexibility index (Phi) is 8.85. The number of nitrogens with zero attached hydrogens (tertiary/aromatic N) is 2. The van der Waals surface area contributed by atoms with Crippen molar-refractivity contribution in [1.82, 2.24) is 10.3 Å². The molecule has 0 saturated heterocycles. The largest absolute Gasteiger partial charge is 0.457 e. The zero-order valence-electron chi connectivity index (χ0n) is 16.1. The summed E-state index contributed by atoms with van der Waals surface area (Å²) in [6, 6.07) is 17.6. The predicted molar refractivity (Wildman–Crippen MR) is 124 cm³/mol. The monoisotopic (exact) mass is 506 g/mol. The van der Waals surface area contributed by atoms with Crippen molar-refractivity contribution in [3.05, 3.63) is 89.5 Å². The summed E-state index contributed by atoms with van der Waals surface area (Å²) < 4.78 is 18.8. The Labute approximate surface area is 187 Å². The Balaban J connectivity index is 0.00000300. The van der Waals surface area contributed by atoms with Gasteiger partial charge in [0.2, 0.25) is 0 Å². The normalized spacial score (nSPS) is 10.9. The van der Waals surface area contributed by atoms with Gasteiger partial charge < -0.3 is 15.8 Å². The first-order chi connectivity index (χ1) is 13.6. The average molecular weight is 506 g/mol. The number of guanidine groups is 1. The number of aryl methyl sites for hydroxylation is 1. The van der Waals surface area contributed by atoms with E-state index in [1.807, 2.05) is 43.3 Å². The van der Waals surface area contributed by atoms with Crippen LogP contribution in [0.5, 0.6) is 11.5 Å². The molecule has 1 aromatic heterocycles. The van der Waals surface area contributed by atoms with Crippen LogP contribution in [0.1, 0.15) is 16.8 Å². The molecule has 0 fully saturated rings. The number of ether oxygens (including phenoxy) is 1. The van der Waals surface area contributed by atoms with Gasteiger partial charge in [0.25, 0.3) is 0 Å². The lowest BCUT2D eigenvalue weighted by atomic mass is 10.1. The van der Waals surface area contributed by atoms with Gasteiger partial charge in [0.15, 0.2) is 5.96 Å². The lowest BCUT2D eigenvalue weighted by Gasteiger charge is -2.10. The minimum Gasteiger partial charge on any atom is -0.457 e. The summed E-state index contributed by atoms with van der Waals surface area (Å²) in [5.41, 5.74) is 8.94. The van der Waals surface area contributed by atoms with Crippen molar-refractivity contribution in [2.45, 2.75) is 19.9 Å². The zero-order valence-corrected chi connectivity index (χ0v) is 18.5. The van der Waals surface area contributed by atoms with E-state index in [0.29, 0.717) is 24.8 Å². The number of hydrogen-bond acceptors (Lipinski definition) is 3. The van der Waals surface area contributed by atoms with Gasteiger partial charge >= 0.3 is 0 Å². The molecular weight excluding hydrogens is 482 g/mol. The van der Waals surface area contributed by atoms with E-state index in [0.717, 1.165) is 29.0 Å². The summed E-state index contributed by atoms with van der Waals surface area (Å²) in [4.78, 5) is 8.64. The molecule has 0 saturated carbocycles. The van der Waals surface area contributed by atoms with Gasteiger partial charge in [-0.05, 0) is 60.5 Å². The maximum absolute atomic E-state index is 13.0. The van der Waals surface area contributed by atoms with Crippen LogP contribution in [0.15, 0.2) is 71.9 Å². The molecule has 0 radical (unpaired) electrons. The number of rotatable bonds is 7. The van der Waals surface area contributed by atoms with Gasteiger partial charge in [-0.15, -0.1) is 24.0 Å². The Bertz CT molecular complexity index is 933. The number of aliphatic imine (C=N–C) groups is 1. The molecule has 0 atom stereocenters. The molecule has 0 bridgehead atoms. The number of pyridine rings is 1. The van der Waals surface area contributed by atoms with Crippen LogP contribution in [-0.2, 0) is 13.0 Å². The molecule has 0 spiro atoms. The lowest BCUT2D eigenvalue weighted by Crippen LogP contribution is -2.33. The second kappa shape index (κ2) is 11.4. The molecular formula is C22H24FIN4O. The van der Waals surface area contributed by atoms with E-state index >= 15 is 0 Å². The van der Waals surface area contributed by atoms with Crippen LogP contribution in [0.25, 0.3) is 0 Å². The zero-order chi connectivity index (χ0) is 19.8. The molecule has 0 aliphatic rings. The first-order valence-corrected chi connectivity index (χ1v) is 9.07. The van der Waals surface area contributed by atoms with Gasteiger partial charge in [0.05, 0.1) is 6.54 Å². The number of aromatic nitrogens is 1. The molecule has 0 amide bonds. The second-order valence-electron chi connectivity index (χ2n) is 6.36. The molecule has 152 valence electrons. The summed E-state index contributed by atoms with van der Waals surface area (Å²) in [6.45, 7) is 3.11. The van der Waals surface area contributed by atoms with E-state index < -0.39 is 0 Å². The second-order valence-corrected chi connectivity index (χ2v) is 6.36. The van der Waals surface area contributed by atoms with Gasteiger partial charge in [-0.2, -0.15) is 0 Å². The van der Waals surface area contributed by atoms with E-state index in [1.165, 1.54) is 12.1 Å². The Hall–Kier alpha value is -2.68. The van der Waals surface area contributed by atoms with Gasteiger partial charge in [-0.3, -0.25) is 4.98 Å². The van der Waals surface area contributed by atoms with Gasteiger partial charge in [-0.1, -0.05) is 18.2 Å². The summed E-state index contributed by atoms with van der Waals surface area (Å²) in [5.74, 6) is 1.43. The fourth-order valence-corrected chi connectivity index (χ4v) is 2.65. The highest BCUT2D eigenvalue weighted by molar-refractivity contribution is 14.0. The molecule has 0 unspecified atom stereocenters. The molecule has 29 heavy (non-hydrogen) atoms. The Morgan fingerprint density at radius 2 is 1.93 bits per heavy atom. The van der Waals surface area contributed by atoms with Crippen molar-refractivity contribution in [2.24, 2.45) is 10.7 Å². The molecule has 1 heterocycles. The van der Waals surface area contributed by atoms with Crippen LogP contribution in [0, 0.1) is 12.7 Å². The maximum Gasteiger partial charge on any atom is 0.188 e. The molecule has 2 aromatic carbocycles. The van der Waals surface area contributed by atoms with Gasteiger partial charge in [0, 0.05) is 24.9 Å². The highest BCUT2D eigenvalue weighted by Gasteiger charge is 2.04. The van der Waals surface area contributed by atoms with Crippen LogP contribution < -0.4 is 15.8 Å². The first kappa shape index (κ1) is 22.6. The number of hydrogen-bond donors (Lipinski definition) is 2. The van der Waals surface area contributed by atoms with Crippen LogP contribution in [-0.4, -0.2) is 17.5 Å². The van der Waals surface area contributed by atoms with Crippen LogP contribution in [0.3, 0.4) is 0 Å². The summed E-state index contributed by atoms with van der Waals surface area (Å²) in [7, 11) is 0. The van der Waals surface area contributed by atoms with Crippen molar-refractivity contribution < 1.29 is 9.13 Å². The molecule has 3 aromatic rings. The summed E-state index contributed by atoms with van der Waals surface area (Å²) in [6.07, 6.45) is 2.56. The van der Waals surface area contributed by atoms with E-state index in [-0.39, 0.29) is 29.8 Å². The highest BCUT2D eigenvalue weighted by atomic mass is 127. The molecule has 5 nitrogen and oxygen atoms in total. The first-order valence-electron chi connectivity index (χ1n) is 9.07. The third-order valence-electron chi connectivity index (χ3n) is 4.13. The van der Waals surface area contributed by atoms with E-state index in [2.05, 4.69) is 15.3 Å². The molecule has 7 heteroatoms. The van der Waals surface area contributed by atoms with E-state index in [9.17, 15) is 4.39 Å². The Morgan fingerprint density at radius 1 is 1.14 bits per heavy atom. The fourth-order valence-electron chi connectivity index (χ4n) is 2.65. The van der Waals surface area contributed by atoms with E-state index in [1.54, 1.807) is 18.3 Å². The Morgan fingerprint density at radius 3 is 2.62 bits per heavy atom. The highest BCUT2D eigenvalue weighted by Crippen LogP contribution is 2.26.